The predicted octanol–water partition coefficient (Wildman–Crippen LogP) is 4.68. The van der Waals surface area contributed by atoms with E-state index in [1.165, 1.54) is 0 Å². The molecule has 4 aromatic heterocycles. The second-order valence-corrected chi connectivity index (χ2v) is 9.57. The zero-order valence-electron chi connectivity index (χ0n) is 22.3. The Kier molecular flexibility index (Phi) is 7.08. The Morgan fingerprint density at radius 1 is 0.881 bits per heavy atom. The van der Waals surface area contributed by atoms with Crippen molar-refractivity contribution in [3.63, 3.8) is 0 Å². The molecule has 4 N–H and O–H groups in total. The molecule has 206 valence electrons. The van der Waals surface area contributed by atoms with Gasteiger partial charge in [0.2, 0.25) is 0 Å². The lowest BCUT2D eigenvalue weighted by Crippen LogP contribution is -2.23. The number of carboxylic acid groups (broad SMARTS) is 1. The van der Waals surface area contributed by atoms with Gasteiger partial charge in [0, 0.05) is 17.3 Å². The number of fused-ring (bicyclic) bond motifs is 1. The Morgan fingerprint density at radius 2 is 1.74 bits per heavy atom. The van der Waals surface area contributed by atoms with Gasteiger partial charge in [0.1, 0.15) is 11.3 Å². The summed E-state index contributed by atoms with van der Waals surface area (Å²) in [5.41, 5.74) is 12.3. The van der Waals surface area contributed by atoms with Gasteiger partial charge >= 0.3 is 5.97 Å². The topological polar surface area (TPSA) is 149 Å². The number of aliphatic carboxylic acids is 1. The molecule has 6 aromatic rings. The Bertz CT molecular complexity index is 1920. The average Bonchev–Trinajstić information content (AvgIpc) is 3.39. The highest BCUT2D eigenvalue weighted by molar-refractivity contribution is 5.94. The number of nitrogens with zero attached hydrogens (tertiary/aromatic N) is 5. The van der Waals surface area contributed by atoms with E-state index in [0.717, 1.165) is 11.3 Å². The van der Waals surface area contributed by atoms with Crippen LogP contribution in [0.15, 0.2) is 103 Å². The molecule has 0 spiro atoms. The Morgan fingerprint density at radius 3 is 2.50 bits per heavy atom. The number of carbonyl (C=O) groups is 2. The van der Waals surface area contributed by atoms with Crippen LogP contribution in [0.25, 0.3) is 39.5 Å². The zero-order valence-corrected chi connectivity index (χ0v) is 22.3. The molecule has 0 aliphatic carbocycles. The third-order valence-corrected chi connectivity index (χ3v) is 6.70. The molecule has 4 heterocycles. The van der Waals surface area contributed by atoms with Crippen molar-refractivity contribution in [1.29, 1.82) is 0 Å². The van der Waals surface area contributed by atoms with Gasteiger partial charge in [-0.15, -0.1) is 0 Å². The molecule has 0 unspecified atom stereocenters. The van der Waals surface area contributed by atoms with Crippen molar-refractivity contribution in [2.45, 2.75) is 13.0 Å². The molecule has 0 bridgehead atoms. The fourth-order valence-electron chi connectivity index (χ4n) is 4.68. The minimum atomic E-state index is -0.955. The third-order valence-electron chi connectivity index (χ3n) is 6.70. The number of nitrogens with two attached hydrogens (primary N) is 1. The van der Waals surface area contributed by atoms with E-state index in [1.54, 1.807) is 42.7 Å². The largest absolute Gasteiger partial charge is 0.481 e. The smallest absolute Gasteiger partial charge is 0.307 e. The van der Waals surface area contributed by atoms with Crippen molar-refractivity contribution in [1.82, 2.24) is 29.8 Å². The number of hydrogen-bond donors (Lipinski definition) is 3. The summed E-state index contributed by atoms with van der Waals surface area (Å²) in [7, 11) is 0. The molecule has 0 saturated carbocycles. The van der Waals surface area contributed by atoms with Gasteiger partial charge in [-0.1, -0.05) is 42.5 Å². The van der Waals surface area contributed by atoms with Crippen LogP contribution in [0, 0.1) is 0 Å². The summed E-state index contributed by atoms with van der Waals surface area (Å²) in [6, 6.07) is 27.7. The molecule has 0 radical (unpaired) electrons. The number of imidazole rings is 1. The van der Waals surface area contributed by atoms with Gasteiger partial charge in [-0.3, -0.25) is 19.1 Å². The van der Waals surface area contributed by atoms with Gasteiger partial charge in [-0.25, -0.2) is 15.0 Å². The van der Waals surface area contributed by atoms with E-state index in [-0.39, 0.29) is 18.9 Å². The first-order valence-corrected chi connectivity index (χ1v) is 13.2. The van der Waals surface area contributed by atoms with Crippen LogP contribution in [0.3, 0.4) is 0 Å². The van der Waals surface area contributed by atoms with Crippen LogP contribution in [0.5, 0.6) is 0 Å². The summed E-state index contributed by atoms with van der Waals surface area (Å²) < 4.78 is 1.90. The molecule has 6 rings (SSSR count). The summed E-state index contributed by atoms with van der Waals surface area (Å²) in [6.07, 6.45) is 3.18. The highest BCUT2D eigenvalue weighted by Crippen LogP contribution is 2.31. The second kappa shape index (κ2) is 11.3. The summed E-state index contributed by atoms with van der Waals surface area (Å²) >= 11 is 0. The van der Waals surface area contributed by atoms with Crippen molar-refractivity contribution < 1.29 is 14.7 Å². The number of nitrogen functional groups attached to an aromatic ring is 1. The molecule has 1 amide bonds. The quantitative estimate of drug-likeness (QED) is 0.245. The average molecular weight is 556 g/mol. The molecule has 42 heavy (non-hydrogen) atoms. The van der Waals surface area contributed by atoms with Gasteiger partial charge in [-0.2, -0.15) is 0 Å². The van der Waals surface area contributed by atoms with Crippen LogP contribution < -0.4 is 11.1 Å². The van der Waals surface area contributed by atoms with Crippen molar-refractivity contribution in [2.24, 2.45) is 0 Å². The summed E-state index contributed by atoms with van der Waals surface area (Å²) in [4.78, 5) is 42.4. The maximum absolute atomic E-state index is 12.7. The first-order valence-electron chi connectivity index (χ1n) is 13.2. The van der Waals surface area contributed by atoms with Gasteiger partial charge < -0.3 is 16.2 Å². The first kappa shape index (κ1) is 26.3. The summed E-state index contributed by atoms with van der Waals surface area (Å²) in [5.74, 6) is -0.349. The van der Waals surface area contributed by atoms with E-state index in [4.69, 9.17) is 20.8 Å². The maximum Gasteiger partial charge on any atom is 0.307 e. The van der Waals surface area contributed by atoms with Crippen LogP contribution in [-0.2, 0) is 17.8 Å². The lowest BCUT2D eigenvalue weighted by molar-refractivity contribution is -0.136. The Balaban J connectivity index is 1.32. The molecular formula is C32H25N7O3. The molecule has 0 saturated heterocycles. The predicted molar refractivity (Wildman–Crippen MR) is 159 cm³/mol. The van der Waals surface area contributed by atoms with E-state index in [1.807, 2.05) is 65.2 Å². The number of aromatic nitrogens is 5. The SMILES string of the molecule is Nc1ncccc1-c1nc2ccc(-c3ccccc3)nc2n1-c1ccc(CNC(=O)c2cccc(CC(=O)O)c2)nc1. The number of carboxylic acids is 1. The van der Waals surface area contributed by atoms with E-state index in [2.05, 4.69) is 15.3 Å². The van der Waals surface area contributed by atoms with Gasteiger partial charge in [-0.05, 0) is 54.1 Å². The van der Waals surface area contributed by atoms with Crippen molar-refractivity contribution in [3.8, 4) is 28.3 Å². The minimum absolute atomic E-state index is 0.151. The number of rotatable bonds is 8. The Hall–Kier alpha value is -5.90. The van der Waals surface area contributed by atoms with Crippen LogP contribution >= 0.6 is 0 Å². The van der Waals surface area contributed by atoms with Gasteiger partial charge in [0.05, 0.1) is 41.8 Å². The van der Waals surface area contributed by atoms with Crippen LogP contribution in [0.4, 0.5) is 5.82 Å². The molecule has 0 aliphatic heterocycles. The molecule has 0 fully saturated rings. The fraction of sp³-hybridized carbons (Fsp3) is 0.0625. The molecular weight excluding hydrogens is 530 g/mol. The molecule has 0 atom stereocenters. The van der Waals surface area contributed by atoms with Crippen LogP contribution in [-0.4, -0.2) is 41.5 Å². The molecule has 2 aromatic carbocycles. The monoisotopic (exact) mass is 555 g/mol. The van der Waals surface area contributed by atoms with E-state index in [9.17, 15) is 9.59 Å². The lowest BCUT2D eigenvalue weighted by Gasteiger charge is -2.11. The molecule has 10 heteroatoms. The fourth-order valence-corrected chi connectivity index (χ4v) is 4.68. The van der Waals surface area contributed by atoms with Crippen molar-refractivity contribution >= 4 is 28.9 Å². The first-order chi connectivity index (χ1) is 20.5. The van der Waals surface area contributed by atoms with Crippen LogP contribution in [0.1, 0.15) is 21.6 Å². The maximum atomic E-state index is 12.7. The van der Waals surface area contributed by atoms with E-state index in [0.29, 0.717) is 50.9 Å². The number of carbonyl (C=O) groups excluding carboxylic acids is 1. The molecule has 10 nitrogen and oxygen atoms in total. The number of amides is 1. The van der Waals surface area contributed by atoms with E-state index >= 15 is 0 Å². The minimum Gasteiger partial charge on any atom is -0.481 e. The van der Waals surface area contributed by atoms with Crippen molar-refractivity contribution in [2.75, 3.05) is 5.73 Å². The Labute approximate surface area is 240 Å². The van der Waals surface area contributed by atoms with Crippen LogP contribution in [0.2, 0.25) is 0 Å². The summed E-state index contributed by atoms with van der Waals surface area (Å²) in [5, 5.41) is 11.9. The zero-order chi connectivity index (χ0) is 29.1. The number of nitrogens with one attached hydrogen (secondary N) is 1. The number of pyridine rings is 3. The summed E-state index contributed by atoms with van der Waals surface area (Å²) in [6.45, 7) is 0.186. The van der Waals surface area contributed by atoms with Gasteiger partial charge in [0.15, 0.2) is 11.5 Å². The standard InChI is InChI=1S/C32H25N7O3/c33-29-25(10-5-15-34-29)30-38-27-14-13-26(21-7-2-1-3-8-21)37-31(27)39(30)24-12-11-23(35-19-24)18-36-32(42)22-9-4-6-20(16-22)17-28(40)41/h1-16,19H,17-18H2,(H2,33,34)(H,36,42)(H,40,41). The lowest BCUT2D eigenvalue weighted by atomic mass is 10.1. The number of anilines is 1. The number of hydrogen-bond acceptors (Lipinski definition) is 7. The highest BCUT2D eigenvalue weighted by atomic mass is 16.4. The van der Waals surface area contributed by atoms with Gasteiger partial charge in [0.25, 0.3) is 5.91 Å². The van der Waals surface area contributed by atoms with E-state index < -0.39 is 5.97 Å². The second-order valence-electron chi connectivity index (χ2n) is 9.57. The van der Waals surface area contributed by atoms with Crippen molar-refractivity contribution in [3.05, 3.63) is 120 Å². The normalized spacial score (nSPS) is 11.0. The number of benzene rings is 2. The highest BCUT2D eigenvalue weighted by Gasteiger charge is 2.19. The third kappa shape index (κ3) is 5.41. The molecule has 0 aliphatic rings.